The molecule has 0 atom stereocenters. The highest BCUT2D eigenvalue weighted by molar-refractivity contribution is 6.31. The van der Waals surface area contributed by atoms with E-state index in [1.807, 2.05) is 0 Å². The largest absolute Gasteiger partial charge is 0.465 e. The Bertz CT molecular complexity index is 582. The number of aromatic nitrogens is 2. The van der Waals surface area contributed by atoms with Crippen molar-refractivity contribution in [3.8, 4) is 0 Å². The number of hydrogen-bond donors (Lipinski definition) is 3. The number of anilines is 2. The van der Waals surface area contributed by atoms with Crippen LogP contribution in [0.1, 0.15) is 5.56 Å². The summed E-state index contributed by atoms with van der Waals surface area (Å²) in [6.07, 6.45) is 0.606. The topological polar surface area (TPSA) is 93.2 Å². The van der Waals surface area contributed by atoms with Crippen LogP contribution < -0.4 is 11.1 Å². The number of nitrogens with one attached hydrogen (secondary N) is 1. The summed E-state index contributed by atoms with van der Waals surface area (Å²) in [6, 6.07) is 6.56. The molecule has 1 heterocycles. The predicted octanol–water partition coefficient (Wildman–Crippen LogP) is 2.26. The van der Waals surface area contributed by atoms with E-state index in [1.54, 1.807) is 35.1 Å². The summed E-state index contributed by atoms with van der Waals surface area (Å²) in [5.41, 5.74) is 6.73. The van der Waals surface area contributed by atoms with Gasteiger partial charge in [0.25, 0.3) is 0 Å². The number of carbonyl (C=O) groups is 1. The molecule has 0 bridgehead atoms. The molecule has 7 heteroatoms. The van der Waals surface area contributed by atoms with E-state index in [4.69, 9.17) is 22.4 Å². The number of nitrogen functional groups attached to an aromatic ring is 1. The van der Waals surface area contributed by atoms with E-state index in [0.29, 0.717) is 23.1 Å². The molecule has 0 unspecified atom stereocenters. The molecule has 1 aromatic carbocycles. The van der Waals surface area contributed by atoms with Crippen LogP contribution >= 0.6 is 11.6 Å². The van der Waals surface area contributed by atoms with Crippen LogP contribution in [-0.2, 0) is 6.54 Å². The van der Waals surface area contributed by atoms with E-state index >= 15 is 0 Å². The third-order valence-electron chi connectivity index (χ3n) is 2.29. The first-order chi connectivity index (χ1) is 8.54. The SMILES string of the molecule is Nc1ccn(Cc2cc(NC(=O)O)ccc2Cl)n1. The molecule has 0 aliphatic carbocycles. The summed E-state index contributed by atoms with van der Waals surface area (Å²) in [4.78, 5) is 10.5. The van der Waals surface area contributed by atoms with Crippen molar-refractivity contribution in [2.45, 2.75) is 6.54 Å². The van der Waals surface area contributed by atoms with Gasteiger partial charge in [0.05, 0.1) is 6.54 Å². The molecular weight excluding hydrogens is 256 g/mol. The second-order valence-corrected chi connectivity index (χ2v) is 4.08. The Balaban J connectivity index is 2.23. The lowest BCUT2D eigenvalue weighted by atomic mass is 10.2. The number of rotatable bonds is 3. The van der Waals surface area contributed by atoms with Crippen molar-refractivity contribution in [2.24, 2.45) is 0 Å². The minimum Gasteiger partial charge on any atom is -0.465 e. The zero-order valence-electron chi connectivity index (χ0n) is 9.30. The molecule has 94 valence electrons. The average molecular weight is 267 g/mol. The highest BCUT2D eigenvalue weighted by Crippen LogP contribution is 2.21. The minimum atomic E-state index is -1.12. The van der Waals surface area contributed by atoms with E-state index in [1.165, 1.54) is 0 Å². The zero-order valence-corrected chi connectivity index (χ0v) is 10.1. The lowest BCUT2D eigenvalue weighted by Crippen LogP contribution is -2.08. The number of carboxylic acid groups (broad SMARTS) is 1. The summed E-state index contributed by atoms with van der Waals surface area (Å²) in [6.45, 7) is 0.422. The molecule has 0 spiro atoms. The molecule has 1 aromatic heterocycles. The van der Waals surface area contributed by atoms with Gasteiger partial charge in [-0.05, 0) is 29.8 Å². The summed E-state index contributed by atoms with van der Waals surface area (Å²) in [5, 5.41) is 15.5. The van der Waals surface area contributed by atoms with Gasteiger partial charge in [0.2, 0.25) is 0 Å². The lowest BCUT2D eigenvalue weighted by molar-refractivity contribution is 0.210. The van der Waals surface area contributed by atoms with Crippen LogP contribution in [0.5, 0.6) is 0 Å². The van der Waals surface area contributed by atoms with Gasteiger partial charge in [-0.25, -0.2) is 4.79 Å². The molecule has 6 nitrogen and oxygen atoms in total. The highest BCUT2D eigenvalue weighted by Gasteiger charge is 2.06. The number of nitrogens with zero attached hydrogens (tertiary/aromatic N) is 2. The average Bonchev–Trinajstić information content (AvgIpc) is 2.68. The first kappa shape index (κ1) is 12.3. The molecule has 0 aliphatic rings. The predicted molar refractivity (Wildman–Crippen MR) is 68.8 cm³/mol. The molecule has 0 saturated carbocycles. The first-order valence-electron chi connectivity index (χ1n) is 5.12. The van der Waals surface area contributed by atoms with E-state index < -0.39 is 6.09 Å². The van der Waals surface area contributed by atoms with Crippen molar-refractivity contribution < 1.29 is 9.90 Å². The fourth-order valence-electron chi connectivity index (χ4n) is 1.54. The Morgan fingerprint density at radius 2 is 2.28 bits per heavy atom. The van der Waals surface area contributed by atoms with Crippen molar-refractivity contribution in [3.63, 3.8) is 0 Å². The van der Waals surface area contributed by atoms with Crippen molar-refractivity contribution in [1.82, 2.24) is 9.78 Å². The summed E-state index contributed by atoms with van der Waals surface area (Å²) >= 11 is 6.04. The van der Waals surface area contributed by atoms with Gasteiger partial charge in [0, 0.05) is 16.9 Å². The van der Waals surface area contributed by atoms with Gasteiger partial charge in [0.1, 0.15) is 5.82 Å². The molecule has 4 N–H and O–H groups in total. The van der Waals surface area contributed by atoms with Crippen LogP contribution in [0.3, 0.4) is 0 Å². The van der Waals surface area contributed by atoms with E-state index in [9.17, 15) is 4.79 Å². The van der Waals surface area contributed by atoms with E-state index in [0.717, 1.165) is 5.56 Å². The summed E-state index contributed by atoms with van der Waals surface area (Å²) in [5.74, 6) is 0.422. The fraction of sp³-hybridized carbons (Fsp3) is 0.0909. The molecular formula is C11H11ClN4O2. The van der Waals surface area contributed by atoms with Crippen LogP contribution in [0, 0.1) is 0 Å². The standard InChI is InChI=1S/C11H11ClN4O2/c12-9-2-1-8(14-11(17)18)5-7(9)6-16-4-3-10(13)15-16/h1-5,14H,6H2,(H2,13,15)(H,17,18). The maximum absolute atomic E-state index is 10.5. The molecule has 0 saturated heterocycles. The monoisotopic (exact) mass is 266 g/mol. The van der Waals surface area contributed by atoms with Crippen LogP contribution in [0.4, 0.5) is 16.3 Å². The Morgan fingerprint density at radius 3 is 2.89 bits per heavy atom. The second kappa shape index (κ2) is 4.97. The van der Waals surface area contributed by atoms with E-state index in [-0.39, 0.29) is 0 Å². The van der Waals surface area contributed by atoms with Gasteiger partial charge in [0.15, 0.2) is 0 Å². The minimum absolute atomic E-state index is 0.422. The molecule has 2 aromatic rings. The van der Waals surface area contributed by atoms with Crippen molar-refractivity contribution in [2.75, 3.05) is 11.1 Å². The third kappa shape index (κ3) is 2.92. The molecule has 0 fully saturated rings. The van der Waals surface area contributed by atoms with Crippen LogP contribution in [-0.4, -0.2) is 21.0 Å². The van der Waals surface area contributed by atoms with Gasteiger partial charge in [-0.2, -0.15) is 5.10 Å². The van der Waals surface area contributed by atoms with Gasteiger partial charge in [-0.3, -0.25) is 10.00 Å². The Labute approximate surface area is 108 Å². The summed E-state index contributed by atoms with van der Waals surface area (Å²) < 4.78 is 1.63. The normalized spacial score (nSPS) is 10.3. The number of benzene rings is 1. The molecule has 0 aliphatic heterocycles. The van der Waals surface area contributed by atoms with Gasteiger partial charge in [-0.1, -0.05) is 11.6 Å². The van der Waals surface area contributed by atoms with Gasteiger partial charge < -0.3 is 10.8 Å². The first-order valence-corrected chi connectivity index (χ1v) is 5.49. The number of halogens is 1. The Hall–Kier alpha value is -2.21. The van der Waals surface area contributed by atoms with Gasteiger partial charge in [-0.15, -0.1) is 0 Å². The Kier molecular flexibility index (Phi) is 3.38. The molecule has 0 radical (unpaired) electrons. The zero-order chi connectivity index (χ0) is 13.1. The number of hydrogen-bond acceptors (Lipinski definition) is 3. The van der Waals surface area contributed by atoms with Gasteiger partial charge >= 0.3 is 6.09 Å². The van der Waals surface area contributed by atoms with Crippen molar-refractivity contribution >= 4 is 29.2 Å². The smallest absolute Gasteiger partial charge is 0.409 e. The van der Waals surface area contributed by atoms with Crippen molar-refractivity contribution in [3.05, 3.63) is 41.0 Å². The summed E-state index contributed by atoms with van der Waals surface area (Å²) in [7, 11) is 0. The van der Waals surface area contributed by atoms with Crippen molar-refractivity contribution in [1.29, 1.82) is 0 Å². The molecule has 2 rings (SSSR count). The maximum Gasteiger partial charge on any atom is 0.409 e. The van der Waals surface area contributed by atoms with Crippen LogP contribution in [0.2, 0.25) is 5.02 Å². The van der Waals surface area contributed by atoms with E-state index in [2.05, 4.69) is 10.4 Å². The highest BCUT2D eigenvalue weighted by atomic mass is 35.5. The van der Waals surface area contributed by atoms with Crippen LogP contribution in [0.15, 0.2) is 30.5 Å². The molecule has 1 amide bonds. The lowest BCUT2D eigenvalue weighted by Gasteiger charge is -2.07. The fourth-order valence-corrected chi connectivity index (χ4v) is 1.71. The second-order valence-electron chi connectivity index (χ2n) is 3.67. The quantitative estimate of drug-likeness (QED) is 0.794. The van der Waals surface area contributed by atoms with Crippen LogP contribution in [0.25, 0.3) is 0 Å². The third-order valence-corrected chi connectivity index (χ3v) is 2.66. The number of nitrogens with two attached hydrogens (primary N) is 1. The Morgan fingerprint density at radius 1 is 1.50 bits per heavy atom. The molecule has 18 heavy (non-hydrogen) atoms. The number of amides is 1. The maximum atomic E-state index is 10.5.